The first-order valence-corrected chi connectivity index (χ1v) is 9.58. The minimum Gasteiger partial charge on any atom is -0.352 e. The van der Waals surface area contributed by atoms with E-state index in [2.05, 4.69) is 10.6 Å². The van der Waals surface area contributed by atoms with Gasteiger partial charge in [-0.15, -0.1) is 0 Å². The molecule has 7 heteroatoms. The number of nitrogens with zero attached hydrogens (tertiary/aromatic N) is 2. The number of hydrogen-bond acceptors (Lipinski definition) is 4. The van der Waals surface area contributed by atoms with Crippen molar-refractivity contribution in [1.29, 1.82) is 5.26 Å². The number of hydrogen-bond donors (Lipinski definition) is 2. The number of halogens is 1. The van der Waals surface area contributed by atoms with Crippen molar-refractivity contribution in [3.05, 3.63) is 65.5 Å². The van der Waals surface area contributed by atoms with E-state index in [-0.39, 0.29) is 30.1 Å². The van der Waals surface area contributed by atoms with Crippen LogP contribution in [0.4, 0.5) is 10.1 Å². The van der Waals surface area contributed by atoms with E-state index in [1.165, 1.54) is 12.1 Å². The minimum atomic E-state index is -0.297. The van der Waals surface area contributed by atoms with Crippen molar-refractivity contribution in [1.82, 2.24) is 10.2 Å². The van der Waals surface area contributed by atoms with Crippen LogP contribution in [0.3, 0.4) is 0 Å². The molecule has 3 rings (SSSR count). The van der Waals surface area contributed by atoms with Gasteiger partial charge in [-0.3, -0.25) is 14.5 Å². The molecule has 2 N–H and O–H groups in total. The standard InChI is InChI=1S/C22H23FN4O2/c23-19-6-4-16(5-7-19)14-25-22(29)18-8-10-27(11-9-18)15-21(28)26-20-3-1-2-17(12-20)13-24/h1-7,12,18H,8-11,14-15H2,(H,25,29)(H,26,28). The van der Waals surface area contributed by atoms with Crippen LogP contribution in [0.1, 0.15) is 24.0 Å². The number of amides is 2. The summed E-state index contributed by atoms with van der Waals surface area (Å²) < 4.78 is 12.9. The summed E-state index contributed by atoms with van der Waals surface area (Å²) in [6.45, 7) is 1.96. The first-order valence-electron chi connectivity index (χ1n) is 9.58. The largest absolute Gasteiger partial charge is 0.352 e. The van der Waals surface area contributed by atoms with Crippen LogP contribution in [0.2, 0.25) is 0 Å². The number of benzene rings is 2. The van der Waals surface area contributed by atoms with Gasteiger partial charge >= 0.3 is 0 Å². The molecule has 1 aliphatic rings. The predicted molar refractivity (Wildman–Crippen MR) is 107 cm³/mol. The summed E-state index contributed by atoms with van der Waals surface area (Å²) in [6, 6.07) is 14.9. The lowest BCUT2D eigenvalue weighted by molar-refractivity contribution is -0.126. The van der Waals surface area contributed by atoms with Crippen LogP contribution in [0.25, 0.3) is 0 Å². The fourth-order valence-electron chi connectivity index (χ4n) is 3.36. The zero-order valence-electron chi connectivity index (χ0n) is 16.0. The Balaban J connectivity index is 1.40. The molecule has 0 aromatic heterocycles. The number of nitrogens with one attached hydrogen (secondary N) is 2. The van der Waals surface area contributed by atoms with Crippen LogP contribution in [-0.4, -0.2) is 36.3 Å². The molecular weight excluding hydrogens is 371 g/mol. The number of likely N-dealkylation sites (tertiary alicyclic amines) is 1. The van der Waals surface area contributed by atoms with Crippen LogP contribution in [0, 0.1) is 23.1 Å². The van der Waals surface area contributed by atoms with E-state index in [4.69, 9.17) is 5.26 Å². The van der Waals surface area contributed by atoms with Gasteiger partial charge in [-0.05, 0) is 61.8 Å². The third-order valence-corrected chi connectivity index (χ3v) is 4.98. The van der Waals surface area contributed by atoms with E-state index in [0.29, 0.717) is 43.7 Å². The Morgan fingerprint density at radius 3 is 2.55 bits per heavy atom. The molecule has 0 radical (unpaired) electrons. The average molecular weight is 394 g/mol. The highest BCUT2D eigenvalue weighted by atomic mass is 19.1. The molecule has 0 unspecified atom stereocenters. The fraction of sp³-hybridized carbons (Fsp3) is 0.318. The van der Waals surface area contributed by atoms with Crippen molar-refractivity contribution >= 4 is 17.5 Å². The van der Waals surface area contributed by atoms with Crippen LogP contribution < -0.4 is 10.6 Å². The van der Waals surface area contributed by atoms with E-state index in [1.54, 1.807) is 36.4 Å². The van der Waals surface area contributed by atoms with Gasteiger partial charge in [-0.25, -0.2) is 4.39 Å². The summed E-state index contributed by atoms with van der Waals surface area (Å²) in [5.41, 5.74) is 1.95. The SMILES string of the molecule is N#Cc1cccc(NC(=O)CN2CCC(C(=O)NCc3ccc(F)cc3)CC2)c1. The predicted octanol–water partition coefficient (Wildman–Crippen LogP) is 2.66. The molecule has 2 aromatic carbocycles. The molecule has 1 heterocycles. The van der Waals surface area contributed by atoms with Crippen molar-refractivity contribution in [2.45, 2.75) is 19.4 Å². The third kappa shape index (κ3) is 6.13. The quantitative estimate of drug-likeness (QED) is 0.789. The van der Waals surface area contributed by atoms with Crippen LogP contribution in [0.15, 0.2) is 48.5 Å². The van der Waals surface area contributed by atoms with Gasteiger partial charge in [0.05, 0.1) is 18.2 Å². The highest BCUT2D eigenvalue weighted by Gasteiger charge is 2.25. The summed E-state index contributed by atoms with van der Waals surface area (Å²) in [5.74, 6) is -0.526. The second kappa shape index (κ2) is 9.80. The van der Waals surface area contributed by atoms with Gasteiger partial charge in [0.25, 0.3) is 0 Å². The molecule has 0 saturated carbocycles. The Morgan fingerprint density at radius 2 is 1.86 bits per heavy atom. The molecule has 0 aliphatic carbocycles. The lowest BCUT2D eigenvalue weighted by Gasteiger charge is -2.30. The van der Waals surface area contributed by atoms with Gasteiger partial charge < -0.3 is 10.6 Å². The van der Waals surface area contributed by atoms with Crippen LogP contribution in [-0.2, 0) is 16.1 Å². The number of nitriles is 1. The molecule has 0 bridgehead atoms. The summed E-state index contributed by atoms with van der Waals surface area (Å²) in [7, 11) is 0. The Hall–Kier alpha value is -3.24. The van der Waals surface area contributed by atoms with Gasteiger partial charge in [-0.2, -0.15) is 5.26 Å². The molecule has 6 nitrogen and oxygen atoms in total. The summed E-state index contributed by atoms with van der Waals surface area (Å²) in [6.07, 6.45) is 1.37. The Bertz CT molecular complexity index is 900. The zero-order chi connectivity index (χ0) is 20.6. The van der Waals surface area contributed by atoms with Crippen molar-refractivity contribution in [2.75, 3.05) is 25.0 Å². The van der Waals surface area contributed by atoms with Gasteiger partial charge in [0, 0.05) is 18.2 Å². The van der Waals surface area contributed by atoms with E-state index in [0.717, 1.165) is 5.56 Å². The Labute approximate surface area is 169 Å². The van der Waals surface area contributed by atoms with Gasteiger partial charge in [0.2, 0.25) is 11.8 Å². The third-order valence-electron chi connectivity index (χ3n) is 4.98. The topological polar surface area (TPSA) is 85.2 Å². The lowest BCUT2D eigenvalue weighted by atomic mass is 9.96. The molecule has 2 amide bonds. The van der Waals surface area contributed by atoms with Gasteiger partial charge in [0.15, 0.2) is 0 Å². The molecule has 2 aromatic rings. The number of rotatable bonds is 6. The molecule has 1 aliphatic heterocycles. The van der Waals surface area contributed by atoms with Crippen molar-refractivity contribution in [3.8, 4) is 6.07 Å². The summed E-state index contributed by atoms with van der Waals surface area (Å²) in [5, 5.41) is 14.6. The molecule has 1 saturated heterocycles. The lowest BCUT2D eigenvalue weighted by Crippen LogP contribution is -2.43. The molecule has 0 atom stereocenters. The molecule has 1 fully saturated rings. The Kier molecular flexibility index (Phi) is 6.93. The number of piperidine rings is 1. The maximum Gasteiger partial charge on any atom is 0.238 e. The number of carbonyl (C=O) groups is 2. The molecule has 29 heavy (non-hydrogen) atoms. The zero-order valence-corrected chi connectivity index (χ0v) is 16.0. The second-order valence-electron chi connectivity index (χ2n) is 7.14. The number of carbonyl (C=O) groups excluding carboxylic acids is 2. The van der Waals surface area contributed by atoms with Crippen molar-refractivity contribution in [2.24, 2.45) is 5.92 Å². The van der Waals surface area contributed by atoms with Crippen LogP contribution in [0.5, 0.6) is 0 Å². The fourth-order valence-corrected chi connectivity index (χ4v) is 3.36. The van der Waals surface area contributed by atoms with E-state index >= 15 is 0 Å². The first-order chi connectivity index (χ1) is 14.0. The molecular formula is C22H23FN4O2. The van der Waals surface area contributed by atoms with E-state index in [1.807, 2.05) is 11.0 Å². The minimum absolute atomic E-state index is 0.00764. The smallest absolute Gasteiger partial charge is 0.238 e. The van der Waals surface area contributed by atoms with Gasteiger partial charge in [0.1, 0.15) is 5.82 Å². The van der Waals surface area contributed by atoms with Crippen molar-refractivity contribution < 1.29 is 14.0 Å². The Morgan fingerprint density at radius 1 is 1.14 bits per heavy atom. The van der Waals surface area contributed by atoms with E-state index in [9.17, 15) is 14.0 Å². The highest BCUT2D eigenvalue weighted by Crippen LogP contribution is 2.18. The normalized spacial score (nSPS) is 14.8. The van der Waals surface area contributed by atoms with Crippen molar-refractivity contribution in [3.63, 3.8) is 0 Å². The monoisotopic (exact) mass is 394 g/mol. The average Bonchev–Trinajstić information content (AvgIpc) is 2.73. The van der Waals surface area contributed by atoms with Crippen LogP contribution >= 0.6 is 0 Å². The highest BCUT2D eigenvalue weighted by molar-refractivity contribution is 5.92. The molecule has 0 spiro atoms. The maximum absolute atomic E-state index is 12.9. The summed E-state index contributed by atoms with van der Waals surface area (Å²) in [4.78, 5) is 26.6. The number of anilines is 1. The first kappa shape index (κ1) is 20.5. The second-order valence-corrected chi connectivity index (χ2v) is 7.14. The summed E-state index contributed by atoms with van der Waals surface area (Å²) >= 11 is 0. The molecule has 150 valence electrons. The van der Waals surface area contributed by atoms with E-state index < -0.39 is 0 Å². The van der Waals surface area contributed by atoms with Gasteiger partial charge in [-0.1, -0.05) is 18.2 Å². The maximum atomic E-state index is 12.9.